The zero-order valence-corrected chi connectivity index (χ0v) is 11.2. The van der Waals surface area contributed by atoms with Crippen LogP contribution in [0.5, 0.6) is 0 Å². The van der Waals surface area contributed by atoms with Crippen LogP contribution in [0.4, 0.5) is 13.2 Å². The summed E-state index contributed by atoms with van der Waals surface area (Å²) in [5.74, 6) is 0. The van der Waals surface area contributed by atoms with E-state index in [1.165, 1.54) is 10.9 Å². The van der Waals surface area contributed by atoms with Crippen LogP contribution >= 0.6 is 0 Å². The second-order valence-electron chi connectivity index (χ2n) is 4.81. The monoisotopic (exact) mass is 279 g/mol. The Morgan fingerprint density at radius 2 is 2.11 bits per heavy atom. The zero-order chi connectivity index (χ0) is 14.5. The maximum absolute atomic E-state index is 12.3. The van der Waals surface area contributed by atoms with Crippen molar-refractivity contribution in [2.45, 2.75) is 44.9 Å². The van der Waals surface area contributed by atoms with Gasteiger partial charge in [-0.3, -0.25) is 4.68 Å². The van der Waals surface area contributed by atoms with Crippen molar-refractivity contribution < 1.29 is 18.3 Å². The van der Waals surface area contributed by atoms with Crippen molar-refractivity contribution in [2.75, 3.05) is 13.2 Å². The number of aliphatic hydroxyl groups is 1. The van der Waals surface area contributed by atoms with E-state index in [2.05, 4.69) is 10.4 Å². The molecule has 1 aromatic rings. The summed E-state index contributed by atoms with van der Waals surface area (Å²) in [6, 6.07) is 0.968. The van der Waals surface area contributed by atoms with Crippen molar-refractivity contribution in [3.63, 3.8) is 0 Å². The van der Waals surface area contributed by atoms with Crippen molar-refractivity contribution >= 4 is 0 Å². The third-order valence-corrected chi connectivity index (χ3v) is 3.00. The predicted octanol–water partition coefficient (Wildman–Crippen LogP) is 2.04. The summed E-state index contributed by atoms with van der Waals surface area (Å²) < 4.78 is 38.3. The first kappa shape index (κ1) is 16.0. The molecule has 7 heteroatoms. The Morgan fingerprint density at radius 3 is 2.58 bits per heavy atom. The molecule has 0 aliphatic heterocycles. The van der Waals surface area contributed by atoms with Gasteiger partial charge in [-0.2, -0.15) is 18.3 Å². The molecule has 0 amide bonds. The lowest BCUT2D eigenvalue weighted by atomic mass is 9.97. The van der Waals surface area contributed by atoms with Gasteiger partial charge >= 0.3 is 6.18 Å². The van der Waals surface area contributed by atoms with E-state index in [1.54, 1.807) is 0 Å². The molecule has 0 fully saturated rings. The predicted molar refractivity (Wildman–Crippen MR) is 65.6 cm³/mol. The number of alkyl halides is 3. The van der Waals surface area contributed by atoms with Gasteiger partial charge in [0.2, 0.25) is 0 Å². The van der Waals surface area contributed by atoms with Gasteiger partial charge in [-0.1, -0.05) is 6.92 Å². The number of hydrogen-bond donors (Lipinski definition) is 2. The molecule has 0 aromatic carbocycles. The van der Waals surface area contributed by atoms with Crippen LogP contribution < -0.4 is 5.32 Å². The molecule has 0 aliphatic rings. The highest BCUT2D eigenvalue weighted by Gasteiger charge is 2.33. The number of hydrogen-bond acceptors (Lipinski definition) is 3. The summed E-state index contributed by atoms with van der Waals surface area (Å²) in [7, 11) is 0. The first-order valence-electron chi connectivity index (χ1n) is 6.27. The van der Waals surface area contributed by atoms with Crippen LogP contribution in [0.25, 0.3) is 0 Å². The first-order chi connectivity index (χ1) is 8.80. The lowest BCUT2D eigenvalue weighted by Gasteiger charge is -2.28. The molecule has 2 N–H and O–H groups in total. The third kappa shape index (κ3) is 4.83. The summed E-state index contributed by atoms with van der Waals surface area (Å²) in [5.41, 5.74) is -1.27. The SMILES string of the molecule is CCNC(C)(CO)CCCn1ccc(C(F)(F)F)n1. The van der Waals surface area contributed by atoms with E-state index in [0.717, 1.165) is 12.6 Å². The van der Waals surface area contributed by atoms with Gasteiger partial charge in [0, 0.05) is 18.3 Å². The Labute approximate surface area is 110 Å². The molecular weight excluding hydrogens is 259 g/mol. The summed E-state index contributed by atoms with van der Waals surface area (Å²) >= 11 is 0. The lowest BCUT2D eigenvalue weighted by molar-refractivity contribution is -0.141. The van der Waals surface area contributed by atoms with Crippen LogP contribution in [0.2, 0.25) is 0 Å². The maximum atomic E-state index is 12.3. The third-order valence-electron chi connectivity index (χ3n) is 3.00. The van der Waals surface area contributed by atoms with Crippen LogP contribution in [0.15, 0.2) is 12.3 Å². The van der Waals surface area contributed by atoms with E-state index in [-0.39, 0.29) is 6.61 Å². The number of nitrogens with zero attached hydrogens (tertiary/aromatic N) is 2. The van der Waals surface area contributed by atoms with Crippen molar-refractivity contribution in [1.29, 1.82) is 0 Å². The van der Waals surface area contributed by atoms with Gasteiger partial charge in [0.05, 0.1) is 6.61 Å². The molecule has 0 saturated carbocycles. The van der Waals surface area contributed by atoms with Crippen molar-refractivity contribution in [3.8, 4) is 0 Å². The Morgan fingerprint density at radius 1 is 1.42 bits per heavy atom. The minimum atomic E-state index is -4.39. The minimum Gasteiger partial charge on any atom is -0.394 e. The molecule has 0 saturated heterocycles. The van der Waals surface area contributed by atoms with Crippen LogP contribution in [0.1, 0.15) is 32.4 Å². The number of aryl methyl sites for hydroxylation is 1. The Kier molecular flexibility index (Phi) is 5.37. The number of nitrogens with one attached hydrogen (secondary N) is 1. The molecule has 1 unspecified atom stereocenters. The highest BCUT2D eigenvalue weighted by atomic mass is 19.4. The summed E-state index contributed by atoms with van der Waals surface area (Å²) in [5, 5.41) is 15.9. The van der Waals surface area contributed by atoms with Gasteiger partial charge in [-0.25, -0.2) is 0 Å². The van der Waals surface area contributed by atoms with Gasteiger partial charge < -0.3 is 10.4 Å². The van der Waals surface area contributed by atoms with Gasteiger partial charge in [0.1, 0.15) is 0 Å². The van der Waals surface area contributed by atoms with Crippen molar-refractivity contribution in [2.24, 2.45) is 0 Å². The Balaban J connectivity index is 2.47. The normalized spacial score (nSPS) is 15.5. The summed E-state index contributed by atoms with van der Waals surface area (Å²) in [4.78, 5) is 0. The summed E-state index contributed by atoms with van der Waals surface area (Å²) in [6.07, 6.45) is -1.76. The molecule has 1 rings (SSSR count). The largest absolute Gasteiger partial charge is 0.435 e. The van der Waals surface area contributed by atoms with Crippen molar-refractivity contribution in [3.05, 3.63) is 18.0 Å². The first-order valence-corrected chi connectivity index (χ1v) is 6.27. The van der Waals surface area contributed by atoms with Crippen LogP contribution in [0.3, 0.4) is 0 Å². The van der Waals surface area contributed by atoms with E-state index in [1.807, 2.05) is 13.8 Å². The fourth-order valence-electron chi connectivity index (χ4n) is 1.92. The quantitative estimate of drug-likeness (QED) is 0.803. The second-order valence-corrected chi connectivity index (χ2v) is 4.81. The molecule has 1 atom stereocenters. The highest BCUT2D eigenvalue weighted by Crippen LogP contribution is 2.27. The molecule has 0 bridgehead atoms. The Hall–Kier alpha value is -1.08. The molecule has 19 heavy (non-hydrogen) atoms. The molecule has 0 radical (unpaired) electrons. The van der Waals surface area contributed by atoms with Gasteiger partial charge in [-0.05, 0) is 32.4 Å². The van der Waals surface area contributed by atoms with E-state index >= 15 is 0 Å². The fraction of sp³-hybridized carbons (Fsp3) is 0.750. The van der Waals surface area contributed by atoms with Crippen molar-refractivity contribution in [1.82, 2.24) is 15.1 Å². The standard InChI is InChI=1S/C12H20F3N3O/c1-3-16-11(2,9-19)6-4-7-18-8-5-10(17-18)12(13,14)15/h5,8,16,19H,3-4,6-7,9H2,1-2H3. The van der Waals surface area contributed by atoms with E-state index in [4.69, 9.17) is 0 Å². The number of halogens is 3. The fourth-order valence-corrected chi connectivity index (χ4v) is 1.92. The Bertz CT molecular complexity index is 392. The lowest BCUT2D eigenvalue weighted by Crippen LogP contribution is -2.45. The number of rotatable bonds is 7. The molecule has 1 heterocycles. The zero-order valence-electron chi connectivity index (χ0n) is 11.2. The van der Waals surface area contributed by atoms with Crippen LogP contribution in [0, 0.1) is 0 Å². The van der Waals surface area contributed by atoms with Gasteiger partial charge in [0.25, 0.3) is 0 Å². The topological polar surface area (TPSA) is 50.1 Å². The van der Waals surface area contributed by atoms with Gasteiger partial charge in [-0.15, -0.1) is 0 Å². The molecule has 1 aromatic heterocycles. The minimum absolute atomic E-state index is 0.00620. The molecule has 0 aliphatic carbocycles. The summed E-state index contributed by atoms with van der Waals surface area (Å²) in [6.45, 7) is 4.96. The number of likely N-dealkylation sites (N-methyl/N-ethyl adjacent to an activating group) is 1. The molecule has 110 valence electrons. The van der Waals surface area contributed by atoms with E-state index in [9.17, 15) is 18.3 Å². The maximum Gasteiger partial charge on any atom is 0.435 e. The van der Waals surface area contributed by atoms with Crippen LogP contribution in [-0.4, -0.2) is 33.6 Å². The number of aromatic nitrogens is 2. The molecule has 4 nitrogen and oxygen atoms in total. The average molecular weight is 279 g/mol. The molecular formula is C12H20F3N3O. The second kappa shape index (κ2) is 6.38. The smallest absolute Gasteiger partial charge is 0.394 e. The van der Waals surface area contributed by atoms with E-state index in [0.29, 0.717) is 19.4 Å². The average Bonchev–Trinajstić information content (AvgIpc) is 2.78. The van der Waals surface area contributed by atoms with Gasteiger partial charge in [0.15, 0.2) is 5.69 Å². The van der Waals surface area contributed by atoms with Crippen LogP contribution in [-0.2, 0) is 12.7 Å². The highest BCUT2D eigenvalue weighted by molar-refractivity contribution is 5.03. The molecule has 0 spiro atoms. The van der Waals surface area contributed by atoms with E-state index < -0.39 is 17.4 Å². The number of aliphatic hydroxyl groups excluding tert-OH is 1.